The number of rotatable bonds is 6. The summed E-state index contributed by atoms with van der Waals surface area (Å²) in [6.07, 6.45) is 1.48. The lowest BCUT2D eigenvalue weighted by atomic mass is 9.93. The number of hydrogen-bond donors (Lipinski definition) is 1. The Hall–Kier alpha value is -1.59. The van der Waals surface area contributed by atoms with Crippen LogP contribution in [0.4, 0.5) is 0 Å². The zero-order chi connectivity index (χ0) is 18.6. The van der Waals surface area contributed by atoms with E-state index in [2.05, 4.69) is 13.8 Å². The molecule has 0 aromatic heterocycles. The third kappa shape index (κ3) is 5.44. The molecule has 0 spiro atoms. The van der Waals surface area contributed by atoms with Crippen LogP contribution in [0, 0.1) is 5.92 Å². The van der Waals surface area contributed by atoms with Gasteiger partial charge in [0.05, 0.1) is 12.1 Å². The second kappa shape index (κ2) is 8.19. The van der Waals surface area contributed by atoms with Crippen molar-refractivity contribution in [2.24, 2.45) is 5.92 Å². The minimum absolute atomic E-state index is 0.176. The van der Waals surface area contributed by atoms with Gasteiger partial charge in [0.15, 0.2) is 0 Å². The fraction of sp³-hybridized carbons (Fsp3) is 0.650. The van der Waals surface area contributed by atoms with E-state index in [0.29, 0.717) is 38.6 Å². The van der Waals surface area contributed by atoms with Gasteiger partial charge in [-0.2, -0.15) is 0 Å². The first-order valence-electron chi connectivity index (χ1n) is 9.10. The maximum absolute atomic E-state index is 12.5. The van der Waals surface area contributed by atoms with E-state index in [9.17, 15) is 9.90 Å². The summed E-state index contributed by atoms with van der Waals surface area (Å²) in [5, 5.41) is 10.8. The number of amides is 1. The zero-order valence-electron chi connectivity index (χ0n) is 16.2. The summed E-state index contributed by atoms with van der Waals surface area (Å²) in [6, 6.07) is 5.81. The first kappa shape index (κ1) is 19.7. The molecule has 1 aromatic rings. The second-order valence-corrected chi connectivity index (χ2v) is 7.93. The Morgan fingerprint density at radius 1 is 1.40 bits per heavy atom. The molecule has 1 aliphatic rings. The van der Waals surface area contributed by atoms with Gasteiger partial charge in [0.1, 0.15) is 12.4 Å². The molecule has 1 aliphatic heterocycles. The SMILES string of the molecule is CC(C)CCC(=O)N1CCOc2ccc(C(C)(O)CN(C)C)cc2C1. The molecule has 0 bridgehead atoms. The number of fused-ring (bicyclic) bond motifs is 1. The lowest BCUT2D eigenvalue weighted by Crippen LogP contribution is -2.35. The molecule has 5 nitrogen and oxygen atoms in total. The van der Waals surface area contributed by atoms with Crippen LogP contribution in [0.2, 0.25) is 0 Å². The lowest BCUT2D eigenvalue weighted by molar-refractivity contribution is -0.132. The van der Waals surface area contributed by atoms with Gasteiger partial charge in [-0.3, -0.25) is 4.79 Å². The summed E-state index contributed by atoms with van der Waals surface area (Å²) in [6.45, 7) is 8.27. The number of benzene rings is 1. The fourth-order valence-corrected chi connectivity index (χ4v) is 3.22. The number of ether oxygens (including phenoxy) is 1. The van der Waals surface area contributed by atoms with Crippen LogP contribution in [-0.2, 0) is 16.9 Å². The highest BCUT2D eigenvalue weighted by Gasteiger charge is 2.27. The van der Waals surface area contributed by atoms with Crippen molar-refractivity contribution in [1.82, 2.24) is 9.80 Å². The van der Waals surface area contributed by atoms with Gasteiger partial charge in [0, 0.05) is 25.1 Å². The standard InChI is InChI=1S/C20H32N2O3/c1-15(2)6-9-19(23)22-10-11-25-18-8-7-17(12-16(18)13-22)20(3,24)14-21(4)5/h7-8,12,15,24H,6,9-11,13-14H2,1-5H3. The number of carbonyl (C=O) groups is 1. The summed E-state index contributed by atoms with van der Waals surface area (Å²) in [5.74, 6) is 1.51. The summed E-state index contributed by atoms with van der Waals surface area (Å²) in [4.78, 5) is 16.3. The number of carbonyl (C=O) groups excluding carboxylic acids is 1. The van der Waals surface area contributed by atoms with Gasteiger partial charge in [-0.25, -0.2) is 0 Å². The van der Waals surface area contributed by atoms with Gasteiger partial charge in [0.2, 0.25) is 5.91 Å². The predicted molar refractivity (Wildman–Crippen MR) is 99.6 cm³/mol. The monoisotopic (exact) mass is 348 g/mol. The molecule has 1 heterocycles. The zero-order valence-corrected chi connectivity index (χ0v) is 16.2. The molecule has 5 heteroatoms. The average Bonchev–Trinajstić information content (AvgIpc) is 2.72. The van der Waals surface area contributed by atoms with Crippen molar-refractivity contribution in [3.05, 3.63) is 29.3 Å². The van der Waals surface area contributed by atoms with Crippen molar-refractivity contribution in [2.45, 2.75) is 45.8 Å². The molecule has 1 amide bonds. The molecule has 0 saturated carbocycles. The van der Waals surface area contributed by atoms with Crippen LogP contribution in [0.3, 0.4) is 0 Å². The molecule has 1 unspecified atom stereocenters. The van der Waals surface area contributed by atoms with Crippen molar-refractivity contribution in [3.63, 3.8) is 0 Å². The van der Waals surface area contributed by atoms with Crippen LogP contribution < -0.4 is 4.74 Å². The van der Waals surface area contributed by atoms with E-state index in [-0.39, 0.29) is 5.91 Å². The summed E-state index contributed by atoms with van der Waals surface area (Å²) in [5.41, 5.74) is 0.865. The summed E-state index contributed by atoms with van der Waals surface area (Å²) >= 11 is 0. The third-order valence-electron chi connectivity index (χ3n) is 4.57. The average molecular weight is 348 g/mol. The van der Waals surface area contributed by atoms with E-state index < -0.39 is 5.60 Å². The van der Waals surface area contributed by atoms with Crippen LogP contribution in [-0.4, -0.2) is 54.6 Å². The van der Waals surface area contributed by atoms with Crippen LogP contribution in [0.5, 0.6) is 5.75 Å². The largest absolute Gasteiger partial charge is 0.491 e. The van der Waals surface area contributed by atoms with Gasteiger partial charge >= 0.3 is 0 Å². The van der Waals surface area contributed by atoms with Crippen LogP contribution in [0.15, 0.2) is 18.2 Å². The molecule has 1 atom stereocenters. The Balaban J connectivity index is 2.18. The Kier molecular flexibility index (Phi) is 6.47. The minimum Gasteiger partial charge on any atom is -0.491 e. The predicted octanol–water partition coefficient (Wildman–Crippen LogP) is 2.61. The van der Waals surface area contributed by atoms with E-state index in [1.165, 1.54) is 0 Å². The van der Waals surface area contributed by atoms with Crippen molar-refractivity contribution >= 4 is 5.91 Å². The number of nitrogens with zero attached hydrogens (tertiary/aromatic N) is 2. The Morgan fingerprint density at radius 3 is 2.76 bits per heavy atom. The smallest absolute Gasteiger partial charge is 0.222 e. The van der Waals surface area contributed by atoms with Gasteiger partial charge in [-0.05, 0) is 51.1 Å². The first-order chi connectivity index (χ1) is 11.7. The van der Waals surface area contributed by atoms with E-state index >= 15 is 0 Å². The van der Waals surface area contributed by atoms with E-state index in [4.69, 9.17) is 4.74 Å². The van der Waals surface area contributed by atoms with Crippen LogP contribution >= 0.6 is 0 Å². The first-order valence-corrected chi connectivity index (χ1v) is 9.10. The Morgan fingerprint density at radius 2 is 2.12 bits per heavy atom. The Labute approximate surface area is 151 Å². The summed E-state index contributed by atoms with van der Waals surface area (Å²) in [7, 11) is 3.88. The molecule has 25 heavy (non-hydrogen) atoms. The lowest BCUT2D eigenvalue weighted by Gasteiger charge is -2.28. The normalized spacial score (nSPS) is 17.0. The number of aliphatic hydroxyl groups is 1. The van der Waals surface area contributed by atoms with E-state index in [1.807, 2.05) is 49.0 Å². The highest BCUT2D eigenvalue weighted by Crippen LogP contribution is 2.30. The molecule has 1 aromatic carbocycles. The van der Waals surface area contributed by atoms with Crippen molar-refractivity contribution in [1.29, 1.82) is 0 Å². The van der Waals surface area contributed by atoms with E-state index in [0.717, 1.165) is 23.3 Å². The van der Waals surface area contributed by atoms with E-state index in [1.54, 1.807) is 0 Å². The molecule has 0 saturated heterocycles. The van der Waals surface area contributed by atoms with Gasteiger partial charge in [-0.1, -0.05) is 19.9 Å². The van der Waals surface area contributed by atoms with Gasteiger partial charge in [-0.15, -0.1) is 0 Å². The highest BCUT2D eigenvalue weighted by atomic mass is 16.5. The molecule has 1 N–H and O–H groups in total. The van der Waals surface area contributed by atoms with Crippen LogP contribution in [0.25, 0.3) is 0 Å². The highest BCUT2D eigenvalue weighted by molar-refractivity contribution is 5.76. The number of hydrogen-bond acceptors (Lipinski definition) is 4. The van der Waals surface area contributed by atoms with Gasteiger partial charge < -0.3 is 19.6 Å². The summed E-state index contributed by atoms with van der Waals surface area (Å²) < 4.78 is 5.82. The maximum Gasteiger partial charge on any atom is 0.222 e. The molecule has 0 aliphatic carbocycles. The van der Waals surface area contributed by atoms with Gasteiger partial charge in [0.25, 0.3) is 0 Å². The molecular formula is C20H32N2O3. The quantitative estimate of drug-likeness (QED) is 0.859. The molecule has 2 rings (SSSR count). The topological polar surface area (TPSA) is 53.0 Å². The van der Waals surface area contributed by atoms with Crippen molar-refractivity contribution in [2.75, 3.05) is 33.8 Å². The molecule has 0 fully saturated rings. The fourth-order valence-electron chi connectivity index (χ4n) is 3.22. The maximum atomic E-state index is 12.5. The molecular weight excluding hydrogens is 316 g/mol. The van der Waals surface area contributed by atoms with Crippen molar-refractivity contribution in [3.8, 4) is 5.75 Å². The molecule has 140 valence electrons. The van der Waals surface area contributed by atoms with Crippen molar-refractivity contribution < 1.29 is 14.6 Å². The third-order valence-corrected chi connectivity index (χ3v) is 4.57. The second-order valence-electron chi connectivity index (χ2n) is 7.93. The Bertz CT molecular complexity index is 597. The number of likely N-dealkylation sites (N-methyl/N-ethyl adjacent to an activating group) is 1. The minimum atomic E-state index is -0.947. The van der Waals surface area contributed by atoms with Crippen LogP contribution in [0.1, 0.15) is 44.7 Å². The molecule has 0 radical (unpaired) electrons.